The molecule has 0 atom stereocenters. The molecule has 6 nitrogen and oxygen atoms in total. The predicted molar refractivity (Wildman–Crippen MR) is 79.0 cm³/mol. The molecule has 0 aliphatic heterocycles. The van der Waals surface area contributed by atoms with Crippen LogP contribution in [-0.2, 0) is 0 Å². The monoisotopic (exact) mass is 276 g/mol. The Bertz CT molecular complexity index is 606. The lowest BCUT2D eigenvalue weighted by molar-refractivity contribution is 0.100. The molecule has 1 amide bonds. The normalized spacial score (nSPS) is 11.2. The van der Waals surface area contributed by atoms with E-state index in [1.807, 2.05) is 25.9 Å². The van der Waals surface area contributed by atoms with Crippen molar-refractivity contribution in [2.45, 2.75) is 6.92 Å². The average Bonchev–Trinajstić information content (AvgIpc) is 2.82. The third kappa shape index (κ3) is 2.91. The topological polar surface area (TPSA) is 75.6 Å². The van der Waals surface area contributed by atoms with E-state index in [0.29, 0.717) is 22.7 Å². The Morgan fingerprint density at radius 3 is 2.70 bits per heavy atom. The van der Waals surface area contributed by atoms with Gasteiger partial charge in [-0.15, -0.1) is 0 Å². The van der Waals surface area contributed by atoms with Crippen LogP contribution in [0.25, 0.3) is 11.1 Å². The van der Waals surface area contributed by atoms with E-state index < -0.39 is 5.91 Å². The van der Waals surface area contributed by atoms with Crippen molar-refractivity contribution >= 4 is 23.0 Å². The van der Waals surface area contributed by atoms with E-state index in [0.717, 1.165) is 19.6 Å². The highest BCUT2D eigenvalue weighted by Crippen LogP contribution is 2.24. The molecule has 0 unspecified atom stereocenters. The SMILES string of the molecule is CCN(CCN(C)C)c1nc2c(C(N)=O)cccc2o1. The molecule has 0 aliphatic carbocycles. The van der Waals surface area contributed by atoms with Crippen molar-refractivity contribution in [3.8, 4) is 0 Å². The Balaban J connectivity index is 2.34. The quantitative estimate of drug-likeness (QED) is 0.861. The summed E-state index contributed by atoms with van der Waals surface area (Å²) in [4.78, 5) is 20.0. The first-order valence-corrected chi connectivity index (χ1v) is 6.62. The van der Waals surface area contributed by atoms with E-state index in [2.05, 4.69) is 9.88 Å². The molecule has 0 bridgehead atoms. The molecule has 2 rings (SSSR count). The van der Waals surface area contributed by atoms with Crippen LogP contribution in [0, 0.1) is 0 Å². The van der Waals surface area contributed by atoms with Gasteiger partial charge in [-0.2, -0.15) is 4.98 Å². The number of nitrogens with two attached hydrogens (primary N) is 1. The van der Waals surface area contributed by atoms with Crippen LogP contribution in [0.2, 0.25) is 0 Å². The molecular weight excluding hydrogens is 256 g/mol. The van der Waals surface area contributed by atoms with Gasteiger partial charge in [0.05, 0.1) is 5.56 Å². The number of anilines is 1. The number of oxazole rings is 1. The molecule has 0 aliphatic rings. The van der Waals surface area contributed by atoms with Gasteiger partial charge >= 0.3 is 0 Å². The Kier molecular flexibility index (Phi) is 4.24. The van der Waals surface area contributed by atoms with Gasteiger partial charge in [0, 0.05) is 19.6 Å². The van der Waals surface area contributed by atoms with E-state index in [1.54, 1.807) is 18.2 Å². The lowest BCUT2D eigenvalue weighted by Gasteiger charge is -2.20. The van der Waals surface area contributed by atoms with Crippen LogP contribution in [0.4, 0.5) is 6.01 Å². The van der Waals surface area contributed by atoms with Gasteiger partial charge in [0.15, 0.2) is 5.58 Å². The maximum Gasteiger partial charge on any atom is 0.298 e. The van der Waals surface area contributed by atoms with Crippen molar-refractivity contribution in [3.63, 3.8) is 0 Å². The molecule has 2 N–H and O–H groups in total. The molecule has 1 heterocycles. The van der Waals surface area contributed by atoms with E-state index >= 15 is 0 Å². The highest BCUT2D eigenvalue weighted by Gasteiger charge is 2.16. The average molecular weight is 276 g/mol. The first-order valence-electron chi connectivity index (χ1n) is 6.62. The standard InChI is InChI=1S/C14H20N4O2/c1-4-18(9-8-17(2)3)14-16-12-10(13(15)19)6-5-7-11(12)20-14/h5-7H,4,8-9H2,1-3H3,(H2,15,19). The number of hydrogen-bond donors (Lipinski definition) is 1. The van der Waals surface area contributed by atoms with Crippen LogP contribution in [0.1, 0.15) is 17.3 Å². The predicted octanol–water partition coefficient (Wildman–Crippen LogP) is 1.31. The molecule has 2 aromatic rings. The molecule has 108 valence electrons. The zero-order valence-corrected chi connectivity index (χ0v) is 12.1. The van der Waals surface area contributed by atoms with Gasteiger partial charge in [-0.3, -0.25) is 4.79 Å². The van der Waals surface area contributed by atoms with Crippen LogP contribution in [0.3, 0.4) is 0 Å². The highest BCUT2D eigenvalue weighted by atomic mass is 16.4. The number of carbonyl (C=O) groups excluding carboxylic acids is 1. The molecule has 1 aromatic carbocycles. The minimum Gasteiger partial charge on any atom is -0.423 e. The number of rotatable bonds is 6. The second kappa shape index (κ2) is 5.92. The van der Waals surface area contributed by atoms with Crippen LogP contribution in [-0.4, -0.2) is 49.5 Å². The van der Waals surface area contributed by atoms with Crippen molar-refractivity contribution in [1.82, 2.24) is 9.88 Å². The maximum absolute atomic E-state index is 11.4. The number of primary amides is 1. The van der Waals surface area contributed by atoms with Crippen molar-refractivity contribution in [2.75, 3.05) is 38.6 Å². The van der Waals surface area contributed by atoms with Crippen LogP contribution in [0.5, 0.6) is 0 Å². The molecule has 0 fully saturated rings. The summed E-state index contributed by atoms with van der Waals surface area (Å²) in [6.45, 7) is 4.53. The Morgan fingerprint density at radius 2 is 2.10 bits per heavy atom. The van der Waals surface area contributed by atoms with E-state index in [9.17, 15) is 4.79 Å². The Hall–Kier alpha value is -2.08. The summed E-state index contributed by atoms with van der Waals surface area (Å²) in [6.07, 6.45) is 0. The largest absolute Gasteiger partial charge is 0.423 e. The third-order valence-corrected chi connectivity index (χ3v) is 3.14. The summed E-state index contributed by atoms with van der Waals surface area (Å²) in [5.74, 6) is -0.494. The third-order valence-electron chi connectivity index (χ3n) is 3.14. The fourth-order valence-electron chi connectivity index (χ4n) is 1.98. The van der Waals surface area contributed by atoms with Crippen molar-refractivity contribution in [2.24, 2.45) is 5.73 Å². The smallest absolute Gasteiger partial charge is 0.298 e. The van der Waals surface area contributed by atoms with Crippen molar-refractivity contribution in [1.29, 1.82) is 0 Å². The van der Waals surface area contributed by atoms with Gasteiger partial charge in [0.1, 0.15) is 5.52 Å². The van der Waals surface area contributed by atoms with Crippen LogP contribution < -0.4 is 10.6 Å². The number of benzene rings is 1. The fourth-order valence-corrected chi connectivity index (χ4v) is 1.98. The number of carbonyl (C=O) groups is 1. The number of amides is 1. The first-order chi connectivity index (χ1) is 9.52. The van der Waals surface area contributed by atoms with Gasteiger partial charge < -0.3 is 20.0 Å². The number of para-hydroxylation sites is 1. The fraction of sp³-hybridized carbons (Fsp3) is 0.429. The number of fused-ring (bicyclic) bond motifs is 1. The molecule has 1 aromatic heterocycles. The maximum atomic E-state index is 11.4. The number of aromatic nitrogens is 1. The van der Waals surface area contributed by atoms with Gasteiger partial charge in [-0.05, 0) is 33.2 Å². The van der Waals surface area contributed by atoms with Gasteiger partial charge in [-0.25, -0.2) is 0 Å². The molecule has 0 spiro atoms. The summed E-state index contributed by atoms with van der Waals surface area (Å²) in [7, 11) is 4.04. The summed E-state index contributed by atoms with van der Waals surface area (Å²) in [5.41, 5.74) is 6.85. The minimum absolute atomic E-state index is 0.390. The van der Waals surface area contributed by atoms with Crippen molar-refractivity contribution in [3.05, 3.63) is 23.8 Å². The number of nitrogens with zero attached hydrogens (tertiary/aromatic N) is 3. The molecule has 0 saturated heterocycles. The van der Waals surface area contributed by atoms with Gasteiger partial charge in [0.25, 0.3) is 11.9 Å². The second-order valence-corrected chi connectivity index (χ2v) is 4.90. The van der Waals surface area contributed by atoms with Gasteiger partial charge in [-0.1, -0.05) is 6.07 Å². The summed E-state index contributed by atoms with van der Waals surface area (Å²) in [5, 5.41) is 0. The minimum atomic E-state index is -0.494. The van der Waals surface area contributed by atoms with Crippen LogP contribution >= 0.6 is 0 Å². The van der Waals surface area contributed by atoms with Crippen LogP contribution in [0.15, 0.2) is 22.6 Å². The molecule has 0 radical (unpaired) electrons. The Labute approximate surface area is 118 Å². The van der Waals surface area contributed by atoms with E-state index in [1.165, 1.54) is 0 Å². The highest BCUT2D eigenvalue weighted by molar-refractivity contribution is 6.03. The molecule has 0 saturated carbocycles. The Morgan fingerprint density at radius 1 is 1.35 bits per heavy atom. The second-order valence-electron chi connectivity index (χ2n) is 4.90. The first kappa shape index (κ1) is 14.3. The molecule has 20 heavy (non-hydrogen) atoms. The molecular formula is C14H20N4O2. The lowest BCUT2D eigenvalue weighted by Crippen LogP contribution is -2.31. The lowest BCUT2D eigenvalue weighted by atomic mass is 10.2. The van der Waals surface area contributed by atoms with E-state index in [4.69, 9.17) is 10.2 Å². The zero-order chi connectivity index (χ0) is 14.7. The molecule has 6 heteroatoms. The summed E-state index contributed by atoms with van der Waals surface area (Å²) in [6, 6.07) is 5.72. The van der Waals surface area contributed by atoms with Crippen molar-refractivity contribution < 1.29 is 9.21 Å². The summed E-state index contributed by atoms with van der Waals surface area (Å²) < 4.78 is 5.73. The number of likely N-dealkylation sites (N-methyl/N-ethyl adjacent to an activating group) is 2. The summed E-state index contributed by atoms with van der Waals surface area (Å²) >= 11 is 0. The number of hydrogen-bond acceptors (Lipinski definition) is 5. The zero-order valence-electron chi connectivity index (χ0n) is 12.1. The van der Waals surface area contributed by atoms with E-state index in [-0.39, 0.29) is 0 Å². The van der Waals surface area contributed by atoms with Gasteiger partial charge in [0.2, 0.25) is 0 Å².